The first-order chi connectivity index (χ1) is 5.79. The maximum atomic E-state index is 5.01. The van der Waals surface area contributed by atoms with Gasteiger partial charge in [-0.2, -0.15) is 0 Å². The Hall–Kier alpha value is -1.31. The number of hydrogen-bond donors (Lipinski definition) is 0. The van der Waals surface area contributed by atoms with Crippen LogP contribution in [0.1, 0.15) is 12.5 Å². The van der Waals surface area contributed by atoms with E-state index in [2.05, 4.69) is 12.1 Å². The molecule has 0 heterocycles. The topological polar surface area (TPSA) is 21.6 Å². The van der Waals surface area contributed by atoms with E-state index in [0.29, 0.717) is 12.3 Å². The number of rotatable bonds is 3. The molecule has 0 amide bonds. The van der Waals surface area contributed by atoms with E-state index >= 15 is 0 Å². The minimum absolute atomic E-state index is 0.508. The number of oxime groups is 1. The van der Waals surface area contributed by atoms with Crippen LogP contribution in [0, 0.1) is 6.92 Å². The Morgan fingerprint density at radius 1 is 1.42 bits per heavy atom. The predicted octanol–water partition coefficient (Wildman–Crippen LogP) is 2.41. The molecule has 0 aliphatic rings. The highest BCUT2D eigenvalue weighted by molar-refractivity contribution is 5.85. The Labute approximate surface area is 72.9 Å². The van der Waals surface area contributed by atoms with Crippen LogP contribution >= 0.6 is 0 Å². The van der Waals surface area contributed by atoms with Gasteiger partial charge in [0.2, 0.25) is 0 Å². The molecule has 0 saturated carbocycles. The minimum Gasteiger partial charge on any atom is -0.391 e. The van der Waals surface area contributed by atoms with Crippen molar-refractivity contribution in [1.29, 1.82) is 0 Å². The van der Waals surface area contributed by atoms with Gasteiger partial charge in [-0.3, -0.25) is 0 Å². The lowest BCUT2D eigenvalue weighted by Crippen LogP contribution is -1.89. The number of hydrogen-bond acceptors (Lipinski definition) is 2. The van der Waals surface area contributed by atoms with Crippen LogP contribution in [0.3, 0.4) is 0 Å². The molecule has 0 unspecified atom stereocenters. The molecule has 2 nitrogen and oxygen atoms in total. The summed E-state index contributed by atoms with van der Waals surface area (Å²) in [6.45, 7) is 5.90. The third-order valence-electron chi connectivity index (χ3n) is 1.29. The Balaban J connectivity index is 2.39. The minimum atomic E-state index is 0.508. The van der Waals surface area contributed by atoms with E-state index in [1.807, 2.05) is 30.3 Å². The molecule has 0 bridgehead atoms. The molecule has 0 fully saturated rings. The molecule has 2 heteroatoms. The molecule has 1 radical (unpaired) electrons. The SMILES string of the molecule is [CH2]/C(C)=N/OCc1ccccc1. The lowest BCUT2D eigenvalue weighted by molar-refractivity contribution is 0.130. The second-order valence-corrected chi connectivity index (χ2v) is 2.59. The van der Waals surface area contributed by atoms with Crippen molar-refractivity contribution >= 4 is 5.71 Å². The molecule has 63 valence electrons. The first kappa shape index (κ1) is 8.78. The molecule has 1 aromatic carbocycles. The molecule has 0 aliphatic carbocycles. The molecule has 0 aromatic heterocycles. The smallest absolute Gasteiger partial charge is 0.142 e. The average Bonchev–Trinajstić information content (AvgIpc) is 2.05. The second-order valence-electron chi connectivity index (χ2n) is 2.59. The van der Waals surface area contributed by atoms with Crippen molar-refractivity contribution in [2.45, 2.75) is 13.5 Å². The van der Waals surface area contributed by atoms with Crippen molar-refractivity contribution in [2.75, 3.05) is 0 Å². The second kappa shape index (κ2) is 4.54. The van der Waals surface area contributed by atoms with Gasteiger partial charge < -0.3 is 4.84 Å². The van der Waals surface area contributed by atoms with E-state index in [9.17, 15) is 0 Å². The van der Waals surface area contributed by atoms with Gasteiger partial charge in [-0.15, -0.1) is 0 Å². The summed E-state index contributed by atoms with van der Waals surface area (Å²) in [5.74, 6) is 0. The normalized spacial score (nSPS) is 11.3. The molecule has 0 saturated heterocycles. The first-order valence-electron chi connectivity index (χ1n) is 3.81. The fourth-order valence-corrected chi connectivity index (χ4v) is 0.791. The highest BCUT2D eigenvalue weighted by Gasteiger charge is 1.88. The molecule has 0 atom stereocenters. The van der Waals surface area contributed by atoms with Gasteiger partial charge in [-0.1, -0.05) is 35.5 Å². The van der Waals surface area contributed by atoms with Crippen molar-refractivity contribution in [3.8, 4) is 0 Å². The number of benzene rings is 1. The predicted molar refractivity (Wildman–Crippen MR) is 49.7 cm³/mol. The van der Waals surface area contributed by atoms with Gasteiger partial charge in [0.05, 0.1) is 5.71 Å². The Kier molecular flexibility index (Phi) is 3.33. The summed E-state index contributed by atoms with van der Waals surface area (Å²) in [4.78, 5) is 5.01. The summed E-state index contributed by atoms with van der Waals surface area (Å²) in [7, 11) is 0. The summed E-state index contributed by atoms with van der Waals surface area (Å²) in [6.07, 6.45) is 0. The lowest BCUT2D eigenvalue weighted by atomic mass is 10.2. The zero-order valence-electron chi connectivity index (χ0n) is 7.16. The van der Waals surface area contributed by atoms with Crippen LogP contribution in [0.4, 0.5) is 0 Å². The van der Waals surface area contributed by atoms with E-state index in [1.54, 1.807) is 6.92 Å². The maximum absolute atomic E-state index is 5.01. The van der Waals surface area contributed by atoms with Gasteiger partial charge in [0.25, 0.3) is 0 Å². The lowest BCUT2D eigenvalue weighted by Gasteiger charge is -1.98. The third kappa shape index (κ3) is 3.19. The van der Waals surface area contributed by atoms with Crippen LogP contribution in [0.5, 0.6) is 0 Å². The fourth-order valence-electron chi connectivity index (χ4n) is 0.791. The molecule has 1 rings (SSSR count). The van der Waals surface area contributed by atoms with Crippen LogP contribution in [-0.2, 0) is 11.4 Å². The highest BCUT2D eigenvalue weighted by atomic mass is 16.6. The van der Waals surface area contributed by atoms with Crippen molar-refractivity contribution < 1.29 is 4.84 Å². The van der Waals surface area contributed by atoms with Crippen molar-refractivity contribution in [1.82, 2.24) is 0 Å². The highest BCUT2D eigenvalue weighted by Crippen LogP contribution is 2.00. The molecule has 0 aliphatic heterocycles. The summed E-state index contributed by atoms with van der Waals surface area (Å²) in [5, 5.41) is 3.73. The largest absolute Gasteiger partial charge is 0.391 e. The average molecular weight is 162 g/mol. The van der Waals surface area contributed by atoms with E-state index in [0.717, 1.165) is 5.56 Å². The Morgan fingerprint density at radius 3 is 2.67 bits per heavy atom. The quantitative estimate of drug-likeness (QED) is 0.494. The molecule has 0 N–H and O–H groups in total. The van der Waals surface area contributed by atoms with E-state index in [-0.39, 0.29) is 0 Å². The van der Waals surface area contributed by atoms with Crippen molar-refractivity contribution in [2.24, 2.45) is 5.16 Å². The standard InChI is InChI=1S/C10H12NO/c1-9(2)11-12-8-10-6-4-3-5-7-10/h3-7H,1,8H2,2H3/b11-9-. The summed E-state index contributed by atoms with van der Waals surface area (Å²) < 4.78 is 0. The van der Waals surface area contributed by atoms with Gasteiger partial charge in [0.1, 0.15) is 6.61 Å². The molecular weight excluding hydrogens is 150 g/mol. The monoisotopic (exact) mass is 162 g/mol. The molecule has 12 heavy (non-hydrogen) atoms. The van der Waals surface area contributed by atoms with Gasteiger partial charge in [0, 0.05) is 0 Å². The van der Waals surface area contributed by atoms with Gasteiger partial charge in [0.15, 0.2) is 0 Å². The third-order valence-corrected chi connectivity index (χ3v) is 1.29. The maximum Gasteiger partial charge on any atom is 0.142 e. The summed E-state index contributed by atoms with van der Waals surface area (Å²) in [6, 6.07) is 9.90. The fraction of sp³-hybridized carbons (Fsp3) is 0.200. The Bertz CT molecular complexity index is 250. The Morgan fingerprint density at radius 2 is 2.08 bits per heavy atom. The van der Waals surface area contributed by atoms with E-state index in [1.165, 1.54) is 0 Å². The van der Waals surface area contributed by atoms with Gasteiger partial charge in [-0.05, 0) is 19.4 Å². The van der Waals surface area contributed by atoms with E-state index < -0.39 is 0 Å². The van der Waals surface area contributed by atoms with Crippen LogP contribution in [0.15, 0.2) is 35.5 Å². The number of nitrogens with zero attached hydrogens (tertiary/aromatic N) is 1. The van der Waals surface area contributed by atoms with Crippen LogP contribution in [0.25, 0.3) is 0 Å². The van der Waals surface area contributed by atoms with Crippen molar-refractivity contribution in [3.63, 3.8) is 0 Å². The van der Waals surface area contributed by atoms with Crippen LogP contribution < -0.4 is 0 Å². The first-order valence-corrected chi connectivity index (χ1v) is 3.81. The van der Waals surface area contributed by atoms with Gasteiger partial charge in [-0.25, -0.2) is 0 Å². The summed E-state index contributed by atoms with van der Waals surface area (Å²) >= 11 is 0. The van der Waals surface area contributed by atoms with Gasteiger partial charge >= 0.3 is 0 Å². The zero-order valence-corrected chi connectivity index (χ0v) is 7.16. The zero-order chi connectivity index (χ0) is 8.81. The molecule has 1 aromatic rings. The van der Waals surface area contributed by atoms with Crippen LogP contribution in [-0.4, -0.2) is 5.71 Å². The summed E-state index contributed by atoms with van der Waals surface area (Å²) in [5.41, 5.74) is 1.80. The van der Waals surface area contributed by atoms with Crippen molar-refractivity contribution in [3.05, 3.63) is 42.8 Å². The molecule has 0 spiro atoms. The van der Waals surface area contributed by atoms with Crippen LogP contribution in [0.2, 0.25) is 0 Å². The molecular formula is C10H12NO. The van der Waals surface area contributed by atoms with E-state index in [4.69, 9.17) is 4.84 Å².